The fourth-order valence-electron chi connectivity index (χ4n) is 3.16. The van der Waals surface area contributed by atoms with Crippen molar-refractivity contribution in [1.29, 1.82) is 0 Å². The lowest BCUT2D eigenvalue weighted by molar-refractivity contribution is 0.769. The minimum atomic E-state index is 0.0906. The van der Waals surface area contributed by atoms with Gasteiger partial charge in [0.05, 0.1) is 22.8 Å². The second-order valence-corrected chi connectivity index (χ2v) is 8.58. The third-order valence-corrected chi connectivity index (χ3v) is 5.86. The fourth-order valence-corrected chi connectivity index (χ4v) is 4.58. The van der Waals surface area contributed by atoms with Gasteiger partial charge in [0, 0.05) is 9.38 Å². The highest BCUT2D eigenvalue weighted by Crippen LogP contribution is 2.41. The Hall–Kier alpha value is -2.30. The number of para-hydroxylation sites is 2. The summed E-state index contributed by atoms with van der Waals surface area (Å²) in [5.74, 6) is 1.04. The molecule has 1 aromatic heterocycles. The number of nitrogens with zero attached hydrogens (tertiary/aromatic N) is 2. The molecule has 3 aromatic carbocycles. The summed E-state index contributed by atoms with van der Waals surface area (Å²) in [6, 6.07) is 29.4. The molecule has 1 atom stereocenters. The largest absolute Gasteiger partial charge is 0.322 e. The van der Waals surface area contributed by atoms with Gasteiger partial charge < -0.3 is 4.57 Å². The van der Waals surface area contributed by atoms with E-state index in [0.29, 0.717) is 6.54 Å². The number of halogens is 1. The fraction of sp³-hybridized carbons (Fsp3) is 0.0870. The maximum atomic E-state index is 5.02. The standard InChI is InChI=1S/C23H19BrN2S/c1-17(24)16-26-21-15-9-8-14-20(21)25-23(26)22(18-10-4-2-5-11-18)27-19-12-6-3-7-13-19/h2-15,22H,1,16H2. The van der Waals surface area contributed by atoms with E-state index < -0.39 is 0 Å². The normalized spacial score (nSPS) is 12.2. The molecule has 27 heavy (non-hydrogen) atoms. The van der Waals surface area contributed by atoms with Crippen molar-refractivity contribution in [2.75, 3.05) is 0 Å². The van der Waals surface area contributed by atoms with Gasteiger partial charge in [-0.2, -0.15) is 0 Å². The SMILES string of the molecule is C=C(Br)Cn1c(C(Sc2ccccc2)c2ccccc2)nc2ccccc21. The monoisotopic (exact) mass is 434 g/mol. The quantitative estimate of drug-likeness (QED) is 0.309. The van der Waals surface area contributed by atoms with E-state index in [1.165, 1.54) is 10.5 Å². The molecule has 0 spiro atoms. The molecule has 0 N–H and O–H groups in total. The van der Waals surface area contributed by atoms with Gasteiger partial charge in [-0.3, -0.25) is 0 Å². The number of imidazole rings is 1. The van der Waals surface area contributed by atoms with Crippen molar-refractivity contribution in [2.45, 2.75) is 16.7 Å². The van der Waals surface area contributed by atoms with Crippen LogP contribution in [0.4, 0.5) is 0 Å². The summed E-state index contributed by atoms with van der Waals surface area (Å²) in [5, 5.41) is 0.0906. The van der Waals surface area contributed by atoms with Gasteiger partial charge in [0.2, 0.25) is 0 Å². The number of aromatic nitrogens is 2. The van der Waals surface area contributed by atoms with Gasteiger partial charge in [-0.15, -0.1) is 11.8 Å². The first-order valence-electron chi connectivity index (χ1n) is 8.77. The Morgan fingerprint density at radius 1 is 0.926 bits per heavy atom. The second-order valence-electron chi connectivity index (χ2n) is 6.28. The van der Waals surface area contributed by atoms with Crippen molar-refractivity contribution >= 4 is 38.7 Å². The van der Waals surface area contributed by atoms with Gasteiger partial charge in [0.25, 0.3) is 0 Å². The molecule has 0 saturated heterocycles. The third kappa shape index (κ3) is 4.02. The number of allylic oxidation sites excluding steroid dienone is 1. The van der Waals surface area contributed by atoms with Crippen LogP contribution >= 0.6 is 27.7 Å². The van der Waals surface area contributed by atoms with E-state index in [1.807, 2.05) is 23.9 Å². The molecule has 1 unspecified atom stereocenters. The molecule has 0 fully saturated rings. The second kappa shape index (κ2) is 8.15. The Morgan fingerprint density at radius 3 is 2.26 bits per heavy atom. The number of thioether (sulfide) groups is 1. The summed E-state index contributed by atoms with van der Waals surface area (Å²) in [7, 11) is 0. The lowest BCUT2D eigenvalue weighted by atomic mass is 10.1. The van der Waals surface area contributed by atoms with Gasteiger partial charge in [-0.05, 0) is 29.8 Å². The van der Waals surface area contributed by atoms with Gasteiger partial charge in [-0.25, -0.2) is 4.98 Å². The van der Waals surface area contributed by atoms with Gasteiger partial charge in [0.1, 0.15) is 5.82 Å². The van der Waals surface area contributed by atoms with E-state index in [9.17, 15) is 0 Å². The topological polar surface area (TPSA) is 17.8 Å². The van der Waals surface area contributed by atoms with E-state index in [4.69, 9.17) is 4.98 Å². The average molecular weight is 435 g/mol. The summed E-state index contributed by atoms with van der Waals surface area (Å²) in [5.41, 5.74) is 3.38. The van der Waals surface area contributed by atoms with E-state index >= 15 is 0 Å². The van der Waals surface area contributed by atoms with E-state index in [-0.39, 0.29) is 5.25 Å². The summed E-state index contributed by atoms with van der Waals surface area (Å²) < 4.78 is 3.20. The third-order valence-electron chi connectivity index (χ3n) is 4.35. The van der Waals surface area contributed by atoms with Crippen molar-refractivity contribution in [2.24, 2.45) is 0 Å². The number of hydrogen-bond donors (Lipinski definition) is 0. The van der Waals surface area contributed by atoms with E-state index in [0.717, 1.165) is 21.3 Å². The van der Waals surface area contributed by atoms with Crippen LogP contribution < -0.4 is 0 Å². The van der Waals surface area contributed by atoms with Crippen LogP contribution in [-0.4, -0.2) is 9.55 Å². The molecule has 0 aliphatic carbocycles. The summed E-state index contributed by atoms with van der Waals surface area (Å²) >= 11 is 5.36. The molecule has 0 radical (unpaired) electrons. The molecule has 2 nitrogen and oxygen atoms in total. The maximum absolute atomic E-state index is 5.02. The van der Waals surface area contributed by atoms with Crippen LogP contribution in [0.5, 0.6) is 0 Å². The lowest BCUT2D eigenvalue weighted by Gasteiger charge is -2.19. The van der Waals surface area contributed by atoms with Crippen LogP contribution in [-0.2, 0) is 6.54 Å². The highest BCUT2D eigenvalue weighted by atomic mass is 79.9. The predicted molar refractivity (Wildman–Crippen MR) is 118 cm³/mol. The zero-order valence-corrected chi connectivity index (χ0v) is 17.2. The summed E-state index contributed by atoms with van der Waals surface area (Å²) in [4.78, 5) is 6.24. The number of hydrogen-bond acceptors (Lipinski definition) is 2. The van der Waals surface area contributed by atoms with Crippen LogP contribution in [0.3, 0.4) is 0 Å². The molecular formula is C23H19BrN2S. The molecule has 4 heteroatoms. The van der Waals surface area contributed by atoms with Crippen molar-refractivity contribution in [1.82, 2.24) is 9.55 Å². The first-order valence-corrected chi connectivity index (χ1v) is 10.4. The van der Waals surface area contributed by atoms with Crippen LogP contribution in [0.25, 0.3) is 11.0 Å². The summed E-state index contributed by atoms with van der Waals surface area (Å²) in [6.45, 7) is 4.74. The molecule has 134 valence electrons. The minimum Gasteiger partial charge on any atom is -0.322 e. The van der Waals surface area contributed by atoms with Crippen molar-refractivity contribution in [3.05, 3.63) is 107 Å². The van der Waals surface area contributed by atoms with Crippen molar-refractivity contribution in [3.63, 3.8) is 0 Å². The zero-order chi connectivity index (χ0) is 18.6. The predicted octanol–water partition coefficient (Wildman–Crippen LogP) is 6.83. The first-order chi connectivity index (χ1) is 13.2. The molecular weight excluding hydrogens is 416 g/mol. The van der Waals surface area contributed by atoms with Crippen LogP contribution in [0.2, 0.25) is 0 Å². The molecule has 0 aliphatic rings. The Bertz CT molecular complexity index is 1060. The van der Waals surface area contributed by atoms with Crippen LogP contribution in [0, 0.1) is 0 Å². The Balaban J connectivity index is 1.88. The Morgan fingerprint density at radius 2 is 1.56 bits per heavy atom. The highest BCUT2D eigenvalue weighted by Gasteiger charge is 2.23. The van der Waals surface area contributed by atoms with Gasteiger partial charge in [-0.1, -0.05) is 83.2 Å². The van der Waals surface area contributed by atoms with Crippen LogP contribution in [0.1, 0.15) is 16.6 Å². The van der Waals surface area contributed by atoms with Crippen LogP contribution in [0.15, 0.2) is 101 Å². The molecule has 0 bridgehead atoms. The molecule has 1 heterocycles. The first kappa shape index (κ1) is 18.1. The van der Waals surface area contributed by atoms with E-state index in [2.05, 4.69) is 99.9 Å². The highest BCUT2D eigenvalue weighted by molar-refractivity contribution is 9.11. The number of benzene rings is 3. The smallest absolute Gasteiger partial charge is 0.128 e. The Labute approximate surface area is 172 Å². The van der Waals surface area contributed by atoms with Gasteiger partial charge >= 0.3 is 0 Å². The molecule has 4 aromatic rings. The molecule has 0 aliphatic heterocycles. The molecule has 0 amide bonds. The maximum Gasteiger partial charge on any atom is 0.128 e. The van der Waals surface area contributed by atoms with Crippen molar-refractivity contribution in [3.8, 4) is 0 Å². The number of rotatable bonds is 6. The number of fused-ring (bicyclic) bond motifs is 1. The van der Waals surface area contributed by atoms with E-state index in [1.54, 1.807) is 0 Å². The summed E-state index contributed by atoms with van der Waals surface area (Å²) in [6.07, 6.45) is 0. The lowest BCUT2D eigenvalue weighted by Crippen LogP contribution is -2.09. The Kier molecular flexibility index (Phi) is 5.46. The average Bonchev–Trinajstić information content (AvgIpc) is 3.05. The van der Waals surface area contributed by atoms with Gasteiger partial charge in [0.15, 0.2) is 0 Å². The zero-order valence-electron chi connectivity index (χ0n) is 14.8. The molecule has 0 saturated carbocycles. The van der Waals surface area contributed by atoms with Crippen molar-refractivity contribution < 1.29 is 0 Å². The minimum absolute atomic E-state index is 0.0906. The molecule has 4 rings (SSSR count).